The Morgan fingerprint density at radius 1 is 1.19 bits per heavy atom. The smallest absolute Gasteiger partial charge is 0.336 e. The number of carbonyl (C=O) groups excluding carboxylic acids is 2. The Morgan fingerprint density at radius 3 is 2.14 bits per heavy atom. The normalized spacial score (nSPS) is 12.0. The maximum absolute atomic E-state index is 11.4. The van der Waals surface area contributed by atoms with Crippen molar-refractivity contribution in [1.82, 2.24) is 0 Å². The highest BCUT2D eigenvalue weighted by molar-refractivity contribution is 5.94. The van der Waals surface area contributed by atoms with Gasteiger partial charge in [0.15, 0.2) is 0 Å². The minimum absolute atomic E-state index is 0.00580. The van der Waals surface area contributed by atoms with Crippen molar-refractivity contribution in [1.29, 1.82) is 0 Å². The van der Waals surface area contributed by atoms with Gasteiger partial charge in [-0.2, -0.15) is 0 Å². The second kappa shape index (κ2) is 8.31. The molecular formula is C13H14O8. The van der Waals surface area contributed by atoms with Gasteiger partial charge in [-0.15, -0.1) is 0 Å². The van der Waals surface area contributed by atoms with Crippen LogP contribution in [0, 0.1) is 0 Å². The molecule has 0 aromatic carbocycles. The second-order valence-corrected chi connectivity index (χ2v) is 3.77. The van der Waals surface area contributed by atoms with Crippen molar-refractivity contribution < 1.29 is 38.9 Å². The molecular weight excluding hydrogens is 284 g/mol. The summed E-state index contributed by atoms with van der Waals surface area (Å²) >= 11 is 0. The third-order valence-electron chi connectivity index (χ3n) is 1.96. The molecule has 1 atom stereocenters. The van der Waals surface area contributed by atoms with Gasteiger partial charge in [0, 0.05) is 17.7 Å². The van der Waals surface area contributed by atoms with Crippen molar-refractivity contribution in [2.24, 2.45) is 0 Å². The van der Waals surface area contributed by atoms with Crippen LogP contribution < -0.4 is 0 Å². The maximum atomic E-state index is 11.4. The van der Waals surface area contributed by atoms with E-state index in [9.17, 15) is 19.2 Å². The molecule has 0 saturated heterocycles. The van der Waals surface area contributed by atoms with E-state index in [4.69, 9.17) is 14.9 Å². The zero-order valence-electron chi connectivity index (χ0n) is 11.2. The third-order valence-corrected chi connectivity index (χ3v) is 1.96. The number of carboxylic acids is 2. The lowest BCUT2D eigenvalue weighted by atomic mass is 10.1. The Hall–Kier alpha value is -2.90. The molecule has 0 spiro atoms. The van der Waals surface area contributed by atoms with Gasteiger partial charge in [-0.05, 0) is 6.92 Å². The Bertz CT molecular complexity index is 514. The predicted octanol–water partition coefficient (Wildman–Crippen LogP) is 0.647. The first kappa shape index (κ1) is 18.1. The van der Waals surface area contributed by atoms with Gasteiger partial charge in [-0.1, -0.05) is 13.2 Å². The summed E-state index contributed by atoms with van der Waals surface area (Å²) < 4.78 is 9.36. The van der Waals surface area contributed by atoms with Crippen LogP contribution in [0.5, 0.6) is 0 Å². The number of aliphatic carboxylic acids is 2. The molecule has 0 saturated carbocycles. The molecule has 21 heavy (non-hydrogen) atoms. The first-order chi connectivity index (χ1) is 9.67. The van der Waals surface area contributed by atoms with Gasteiger partial charge < -0.3 is 19.7 Å². The van der Waals surface area contributed by atoms with E-state index in [1.54, 1.807) is 0 Å². The lowest BCUT2D eigenvalue weighted by molar-refractivity contribution is -0.181. The topological polar surface area (TPSA) is 127 Å². The first-order valence-corrected chi connectivity index (χ1v) is 5.53. The summed E-state index contributed by atoms with van der Waals surface area (Å²) in [5.41, 5.74) is -0.618. The number of hydrogen-bond donors (Lipinski definition) is 2. The van der Waals surface area contributed by atoms with Crippen LogP contribution in [0.1, 0.15) is 13.3 Å². The Balaban J connectivity index is 5.18. The fourth-order valence-electron chi connectivity index (χ4n) is 1.04. The molecule has 1 unspecified atom stereocenters. The first-order valence-electron chi connectivity index (χ1n) is 5.53. The van der Waals surface area contributed by atoms with E-state index >= 15 is 0 Å². The number of ether oxygens (including phenoxy) is 2. The van der Waals surface area contributed by atoms with Gasteiger partial charge in [0.05, 0.1) is 12.0 Å². The van der Waals surface area contributed by atoms with Crippen molar-refractivity contribution in [2.45, 2.75) is 19.6 Å². The number of esters is 2. The van der Waals surface area contributed by atoms with Crippen LogP contribution in [0.25, 0.3) is 0 Å². The zero-order chi connectivity index (χ0) is 16.6. The summed E-state index contributed by atoms with van der Waals surface area (Å²) in [6.07, 6.45) is -1.06. The highest BCUT2D eigenvalue weighted by Crippen LogP contribution is 2.13. The number of rotatable bonds is 8. The Labute approximate surface area is 120 Å². The van der Waals surface area contributed by atoms with Crippen molar-refractivity contribution in [3.8, 4) is 0 Å². The van der Waals surface area contributed by atoms with Gasteiger partial charge in [0.25, 0.3) is 6.29 Å². The average Bonchev–Trinajstić information content (AvgIpc) is 2.36. The molecule has 0 aromatic rings. The van der Waals surface area contributed by atoms with Gasteiger partial charge in [-0.3, -0.25) is 0 Å². The SMILES string of the molecule is C=CC(=O)OC(CC(=CC(=O)O)C(=O)O)OC(=O)C(=C)C. The van der Waals surface area contributed by atoms with E-state index in [-0.39, 0.29) is 5.57 Å². The van der Waals surface area contributed by atoms with Gasteiger partial charge >= 0.3 is 23.9 Å². The summed E-state index contributed by atoms with van der Waals surface area (Å²) in [5.74, 6) is -4.94. The van der Waals surface area contributed by atoms with E-state index in [2.05, 4.69) is 17.9 Å². The molecule has 0 rings (SSSR count). The highest BCUT2D eigenvalue weighted by atomic mass is 16.7. The number of hydrogen-bond acceptors (Lipinski definition) is 6. The van der Waals surface area contributed by atoms with E-state index in [1.807, 2.05) is 0 Å². The standard InChI is InChI=1S/C13H14O8/c1-4-10(16)20-11(21-13(19)7(2)3)6-8(12(17)18)5-9(14)15/h4-5,11H,1-2,6H2,3H3,(H,14,15)(H,17,18). The van der Waals surface area contributed by atoms with Crippen LogP contribution in [0.2, 0.25) is 0 Å². The molecule has 0 fully saturated rings. The zero-order valence-corrected chi connectivity index (χ0v) is 11.2. The summed E-state index contributed by atoms with van der Waals surface area (Å²) in [4.78, 5) is 43.9. The summed E-state index contributed by atoms with van der Waals surface area (Å²) in [7, 11) is 0. The van der Waals surface area contributed by atoms with Crippen LogP contribution in [0.4, 0.5) is 0 Å². The molecule has 2 N–H and O–H groups in total. The maximum Gasteiger partial charge on any atom is 0.336 e. The van der Waals surface area contributed by atoms with Crippen molar-refractivity contribution in [3.05, 3.63) is 36.5 Å². The van der Waals surface area contributed by atoms with Crippen LogP contribution in [0.3, 0.4) is 0 Å². The van der Waals surface area contributed by atoms with Gasteiger partial charge in [0.2, 0.25) is 0 Å². The van der Waals surface area contributed by atoms with Crippen LogP contribution in [-0.2, 0) is 28.7 Å². The molecule has 0 amide bonds. The highest BCUT2D eigenvalue weighted by Gasteiger charge is 2.23. The summed E-state index contributed by atoms with van der Waals surface area (Å²) in [6, 6.07) is 0. The molecule has 8 nitrogen and oxygen atoms in total. The molecule has 114 valence electrons. The molecule has 8 heteroatoms. The summed E-state index contributed by atoms with van der Waals surface area (Å²) in [5, 5.41) is 17.4. The molecule has 0 aliphatic rings. The molecule has 0 aliphatic heterocycles. The molecule has 0 aromatic heterocycles. The molecule has 0 aliphatic carbocycles. The molecule has 0 heterocycles. The van der Waals surface area contributed by atoms with Crippen LogP contribution in [0.15, 0.2) is 36.5 Å². The van der Waals surface area contributed by atoms with Crippen molar-refractivity contribution in [3.63, 3.8) is 0 Å². The van der Waals surface area contributed by atoms with Crippen molar-refractivity contribution >= 4 is 23.9 Å². The van der Waals surface area contributed by atoms with E-state index < -0.39 is 42.2 Å². The predicted molar refractivity (Wildman–Crippen MR) is 69.0 cm³/mol. The second-order valence-electron chi connectivity index (χ2n) is 3.77. The fraction of sp³-hybridized carbons (Fsp3) is 0.231. The average molecular weight is 298 g/mol. The lowest BCUT2D eigenvalue weighted by Gasteiger charge is -2.17. The Morgan fingerprint density at radius 2 is 1.76 bits per heavy atom. The van der Waals surface area contributed by atoms with Crippen LogP contribution >= 0.6 is 0 Å². The van der Waals surface area contributed by atoms with Crippen molar-refractivity contribution in [2.75, 3.05) is 0 Å². The quantitative estimate of drug-likeness (QED) is 0.380. The van der Waals surface area contributed by atoms with E-state index in [0.717, 1.165) is 6.08 Å². The minimum Gasteiger partial charge on any atom is -0.478 e. The fourth-order valence-corrected chi connectivity index (χ4v) is 1.04. The third kappa shape index (κ3) is 7.31. The number of carbonyl (C=O) groups is 4. The molecule has 0 radical (unpaired) electrons. The van der Waals surface area contributed by atoms with E-state index in [0.29, 0.717) is 6.08 Å². The monoisotopic (exact) mass is 298 g/mol. The lowest BCUT2D eigenvalue weighted by Crippen LogP contribution is -2.26. The largest absolute Gasteiger partial charge is 0.478 e. The Kier molecular flexibility index (Phi) is 7.16. The van der Waals surface area contributed by atoms with E-state index in [1.165, 1.54) is 6.92 Å². The van der Waals surface area contributed by atoms with Gasteiger partial charge in [-0.25, -0.2) is 19.2 Å². The number of carboxylic acid groups (broad SMARTS) is 2. The molecule has 0 bridgehead atoms. The van der Waals surface area contributed by atoms with Crippen LogP contribution in [-0.4, -0.2) is 40.4 Å². The minimum atomic E-state index is -1.61. The summed E-state index contributed by atoms with van der Waals surface area (Å²) in [6.45, 7) is 7.78. The van der Waals surface area contributed by atoms with Gasteiger partial charge in [0.1, 0.15) is 0 Å².